The molecule has 0 amide bonds. The zero-order valence-electron chi connectivity index (χ0n) is 6.96. The minimum Gasteiger partial charge on any atom is -0.305 e. The van der Waals surface area contributed by atoms with Gasteiger partial charge in [0.25, 0.3) is 5.54 Å². The maximum absolute atomic E-state index is 7.17. The van der Waals surface area contributed by atoms with E-state index in [4.69, 9.17) is 6.57 Å². The van der Waals surface area contributed by atoms with Gasteiger partial charge >= 0.3 is 0 Å². The maximum Gasteiger partial charge on any atom is 0.257 e. The van der Waals surface area contributed by atoms with Crippen molar-refractivity contribution in [2.75, 3.05) is 0 Å². The molecule has 1 aromatic carbocycles. The van der Waals surface area contributed by atoms with Crippen molar-refractivity contribution < 1.29 is 0 Å². The Labute approximate surface area is 72.9 Å². The summed E-state index contributed by atoms with van der Waals surface area (Å²) in [5.41, 5.74) is 1.05. The second-order valence-corrected chi connectivity index (χ2v) is 3.36. The zero-order chi connectivity index (χ0) is 8.44. The van der Waals surface area contributed by atoms with Crippen LogP contribution in [-0.4, -0.2) is 0 Å². The number of benzene rings is 1. The van der Waals surface area contributed by atoms with Crippen LogP contribution in [0.4, 0.5) is 0 Å². The van der Waals surface area contributed by atoms with E-state index in [9.17, 15) is 0 Å². The monoisotopic (exact) mass is 157 g/mol. The molecule has 0 bridgehead atoms. The Kier molecular flexibility index (Phi) is 1.62. The highest BCUT2D eigenvalue weighted by molar-refractivity contribution is 5.30. The van der Waals surface area contributed by atoms with Gasteiger partial charge in [0.2, 0.25) is 0 Å². The summed E-state index contributed by atoms with van der Waals surface area (Å²) in [5.74, 6) is 0. The van der Waals surface area contributed by atoms with Crippen molar-refractivity contribution in [2.24, 2.45) is 0 Å². The molecule has 1 nitrogen and oxygen atoms in total. The van der Waals surface area contributed by atoms with Gasteiger partial charge in [-0.15, -0.1) is 0 Å². The molecule has 0 heterocycles. The summed E-state index contributed by atoms with van der Waals surface area (Å²) in [6.45, 7) is 7.17. The van der Waals surface area contributed by atoms with E-state index in [1.165, 1.54) is 12.0 Å². The lowest BCUT2D eigenvalue weighted by molar-refractivity contribution is 0.310. The van der Waals surface area contributed by atoms with Gasteiger partial charge in [-0.25, -0.2) is 6.57 Å². The average molecular weight is 157 g/mol. The fourth-order valence-corrected chi connectivity index (χ4v) is 1.73. The molecule has 1 heteroatoms. The summed E-state index contributed by atoms with van der Waals surface area (Å²) < 4.78 is 0. The molecular weight excluding hydrogens is 146 g/mol. The number of nitrogens with zero attached hydrogens (tertiary/aromatic N) is 1. The molecule has 2 rings (SSSR count). The molecule has 60 valence electrons. The summed E-state index contributed by atoms with van der Waals surface area (Å²) >= 11 is 0. The van der Waals surface area contributed by atoms with Crippen LogP contribution in [-0.2, 0) is 5.54 Å². The number of rotatable bonds is 1. The fourth-order valence-electron chi connectivity index (χ4n) is 1.73. The van der Waals surface area contributed by atoms with E-state index < -0.39 is 0 Å². The van der Waals surface area contributed by atoms with Crippen molar-refractivity contribution in [2.45, 2.75) is 24.8 Å². The second kappa shape index (κ2) is 2.64. The van der Waals surface area contributed by atoms with E-state index in [0.717, 1.165) is 12.8 Å². The van der Waals surface area contributed by atoms with E-state index >= 15 is 0 Å². The Bertz CT molecular complexity index is 304. The van der Waals surface area contributed by atoms with E-state index in [1.807, 2.05) is 18.2 Å². The molecule has 1 saturated carbocycles. The average Bonchev–Trinajstić information content (AvgIpc) is 2.05. The van der Waals surface area contributed by atoms with Gasteiger partial charge in [0, 0.05) is 18.4 Å². The van der Waals surface area contributed by atoms with Crippen LogP contribution in [0.3, 0.4) is 0 Å². The predicted molar refractivity (Wildman–Crippen MR) is 48.6 cm³/mol. The van der Waals surface area contributed by atoms with Gasteiger partial charge in [0.05, 0.1) is 0 Å². The third kappa shape index (κ3) is 0.921. The number of hydrogen-bond acceptors (Lipinski definition) is 0. The van der Waals surface area contributed by atoms with Crippen LogP contribution < -0.4 is 0 Å². The van der Waals surface area contributed by atoms with Crippen molar-refractivity contribution in [3.05, 3.63) is 47.3 Å². The van der Waals surface area contributed by atoms with Gasteiger partial charge in [-0.1, -0.05) is 30.3 Å². The molecule has 1 aromatic rings. The SMILES string of the molecule is [C-]#[N+]C1(c2ccccc2)CCC1. The Balaban J connectivity index is 2.36. The van der Waals surface area contributed by atoms with Gasteiger partial charge in [0.15, 0.2) is 0 Å². The molecule has 0 aliphatic heterocycles. The first kappa shape index (κ1) is 7.36. The van der Waals surface area contributed by atoms with Gasteiger partial charge in [-0.2, -0.15) is 0 Å². The summed E-state index contributed by atoms with van der Waals surface area (Å²) in [7, 11) is 0. The molecule has 0 spiro atoms. The van der Waals surface area contributed by atoms with Crippen LogP contribution in [0.15, 0.2) is 30.3 Å². The minimum absolute atomic E-state index is 0.152. The Hall–Kier alpha value is -1.29. The van der Waals surface area contributed by atoms with Crippen molar-refractivity contribution in [1.29, 1.82) is 0 Å². The molecule has 0 N–H and O–H groups in total. The Morgan fingerprint density at radius 3 is 2.25 bits per heavy atom. The number of hydrogen-bond donors (Lipinski definition) is 0. The summed E-state index contributed by atoms with van der Waals surface area (Å²) in [5, 5.41) is 0. The van der Waals surface area contributed by atoms with E-state index in [2.05, 4.69) is 17.0 Å². The van der Waals surface area contributed by atoms with E-state index in [-0.39, 0.29) is 5.54 Å². The molecule has 0 atom stereocenters. The lowest BCUT2D eigenvalue weighted by atomic mass is 9.72. The quantitative estimate of drug-likeness (QED) is 0.552. The standard InChI is InChI=1S/C11H11N/c1-12-11(8-5-9-11)10-6-3-2-4-7-10/h2-4,6-7H,5,8-9H2. The first-order valence-electron chi connectivity index (χ1n) is 4.32. The van der Waals surface area contributed by atoms with Crippen LogP contribution in [0.1, 0.15) is 24.8 Å². The minimum atomic E-state index is -0.152. The molecule has 12 heavy (non-hydrogen) atoms. The normalized spacial score (nSPS) is 19.2. The highest BCUT2D eigenvalue weighted by Gasteiger charge is 2.45. The van der Waals surface area contributed by atoms with Crippen LogP contribution in [0.25, 0.3) is 4.85 Å². The maximum atomic E-state index is 7.17. The topological polar surface area (TPSA) is 4.36 Å². The smallest absolute Gasteiger partial charge is 0.257 e. The van der Waals surface area contributed by atoms with Crippen molar-refractivity contribution in [3.63, 3.8) is 0 Å². The molecule has 0 radical (unpaired) electrons. The van der Waals surface area contributed by atoms with Gasteiger partial charge in [-0.3, -0.25) is 0 Å². The highest BCUT2D eigenvalue weighted by atomic mass is 14.8. The lowest BCUT2D eigenvalue weighted by Gasteiger charge is -2.30. The molecule has 0 saturated heterocycles. The largest absolute Gasteiger partial charge is 0.305 e. The predicted octanol–water partition coefficient (Wildman–Crippen LogP) is 2.99. The second-order valence-electron chi connectivity index (χ2n) is 3.36. The Morgan fingerprint density at radius 2 is 1.83 bits per heavy atom. The molecule has 1 fully saturated rings. The lowest BCUT2D eigenvalue weighted by Crippen LogP contribution is -2.29. The molecule has 1 aliphatic rings. The third-order valence-electron chi connectivity index (χ3n) is 2.71. The summed E-state index contributed by atoms with van der Waals surface area (Å²) in [4.78, 5) is 3.75. The summed E-state index contributed by atoms with van der Waals surface area (Å²) in [6.07, 6.45) is 3.29. The fraction of sp³-hybridized carbons (Fsp3) is 0.364. The first-order chi connectivity index (χ1) is 5.87. The third-order valence-corrected chi connectivity index (χ3v) is 2.71. The van der Waals surface area contributed by atoms with Crippen LogP contribution >= 0.6 is 0 Å². The van der Waals surface area contributed by atoms with Crippen molar-refractivity contribution >= 4 is 0 Å². The molecule has 0 aromatic heterocycles. The van der Waals surface area contributed by atoms with Crippen LogP contribution in [0, 0.1) is 6.57 Å². The van der Waals surface area contributed by atoms with Gasteiger partial charge in [-0.05, 0) is 6.42 Å². The molecule has 0 unspecified atom stereocenters. The van der Waals surface area contributed by atoms with E-state index in [1.54, 1.807) is 0 Å². The highest BCUT2D eigenvalue weighted by Crippen LogP contribution is 2.44. The zero-order valence-corrected chi connectivity index (χ0v) is 6.96. The van der Waals surface area contributed by atoms with Crippen LogP contribution in [0.5, 0.6) is 0 Å². The van der Waals surface area contributed by atoms with Gasteiger partial charge in [0.1, 0.15) is 0 Å². The van der Waals surface area contributed by atoms with Crippen molar-refractivity contribution in [1.82, 2.24) is 0 Å². The van der Waals surface area contributed by atoms with Crippen molar-refractivity contribution in [3.8, 4) is 0 Å². The van der Waals surface area contributed by atoms with Gasteiger partial charge < -0.3 is 4.85 Å². The Morgan fingerprint density at radius 1 is 1.17 bits per heavy atom. The molecule has 1 aliphatic carbocycles. The van der Waals surface area contributed by atoms with Crippen LogP contribution in [0.2, 0.25) is 0 Å². The first-order valence-corrected chi connectivity index (χ1v) is 4.32. The summed E-state index contributed by atoms with van der Waals surface area (Å²) in [6, 6.07) is 10.2. The van der Waals surface area contributed by atoms with E-state index in [0.29, 0.717) is 0 Å². The molecular formula is C11H11N.